The molecule has 4 aliphatic carbocycles. The van der Waals surface area contributed by atoms with Gasteiger partial charge in [-0.1, -0.05) is 13.8 Å². The van der Waals surface area contributed by atoms with Crippen molar-refractivity contribution in [2.75, 3.05) is 32.8 Å². The molecule has 0 radical (unpaired) electrons. The van der Waals surface area contributed by atoms with Crippen molar-refractivity contribution in [1.82, 2.24) is 10.2 Å². The predicted molar refractivity (Wildman–Crippen MR) is 117 cm³/mol. The van der Waals surface area contributed by atoms with Crippen molar-refractivity contribution in [3.63, 3.8) is 0 Å². The molecule has 0 unspecified atom stereocenters. The molecule has 8 atom stereocenters. The Hall–Kier alpha value is -0.650. The van der Waals surface area contributed by atoms with Gasteiger partial charge >= 0.3 is 0 Å². The highest BCUT2D eigenvalue weighted by atomic mass is 16.5. The standard InChI is InChI=1S/C25H42N2O3/c1-24-9-7-18(28)15-17(24)3-4-19-20-5-6-22(25(20,2)10-8-21(19)24)26-23(29)16-27-11-13-30-14-12-27/h17-22,28H,3-16H2,1-2H3,(H,26,29)/t17-,18-,19-,20+,21-,22-,24-,25-/m0/s1. The molecule has 4 saturated carbocycles. The Morgan fingerprint density at radius 1 is 1.00 bits per heavy atom. The van der Waals surface area contributed by atoms with Crippen LogP contribution in [0.25, 0.3) is 0 Å². The number of hydrogen-bond donors (Lipinski definition) is 2. The minimum absolute atomic E-state index is 0.0639. The molecule has 1 amide bonds. The first-order chi connectivity index (χ1) is 14.4. The highest BCUT2D eigenvalue weighted by Crippen LogP contribution is 2.66. The summed E-state index contributed by atoms with van der Waals surface area (Å²) in [5.74, 6) is 3.33. The number of aliphatic hydroxyl groups is 1. The van der Waals surface area contributed by atoms with E-state index >= 15 is 0 Å². The maximum atomic E-state index is 12.8. The first-order valence-corrected chi connectivity index (χ1v) is 12.7. The molecule has 5 fully saturated rings. The quantitative estimate of drug-likeness (QED) is 0.739. The van der Waals surface area contributed by atoms with Crippen LogP contribution >= 0.6 is 0 Å². The Morgan fingerprint density at radius 3 is 2.53 bits per heavy atom. The van der Waals surface area contributed by atoms with E-state index in [0.717, 1.165) is 69.2 Å². The molecule has 0 spiro atoms. The van der Waals surface area contributed by atoms with Crippen molar-refractivity contribution < 1.29 is 14.6 Å². The van der Waals surface area contributed by atoms with Crippen molar-refractivity contribution in [3.8, 4) is 0 Å². The first-order valence-electron chi connectivity index (χ1n) is 12.7. The number of carbonyl (C=O) groups excluding carboxylic acids is 1. The van der Waals surface area contributed by atoms with Crippen molar-refractivity contribution in [1.29, 1.82) is 0 Å². The first kappa shape index (κ1) is 21.2. The van der Waals surface area contributed by atoms with Gasteiger partial charge in [-0.05, 0) is 92.3 Å². The molecular weight excluding hydrogens is 376 g/mol. The van der Waals surface area contributed by atoms with Crippen LogP contribution in [0.15, 0.2) is 0 Å². The lowest BCUT2D eigenvalue weighted by Gasteiger charge is -2.61. The molecule has 170 valence electrons. The van der Waals surface area contributed by atoms with Crippen molar-refractivity contribution in [3.05, 3.63) is 0 Å². The van der Waals surface area contributed by atoms with Gasteiger partial charge in [0.25, 0.3) is 0 Å². The number of amides is 1. The number of ether oxygens (including phenoxy) is 1. The fraction of sp³-hybridized carbons (Fsp3) is 0.960. The molecule has 0 aromatic rings. The average Bonchev–Trinajstić information content (AvgIpc) is 3.05. The second-order valence-electron chi connectivity index (χ2n) is 11.7. The van der Waals surface area contributed by atoms with Crippen LogP contribution in [0, 0.1) is 34.5 Å². The maximum Gasteiger partial charge on any atom is 0.234 e. The fourth-order valence-corrected chi connectivity index (χ4v) is 8.67. The normalized spacial score (nSPS) is 49.0. The van der Waals surface area contributed by atoms with Crippen molar-refractivity contribution in [2.24, 2.45) is 34.5 Å². The van der Waals surface area contributed by atoms with Crippen molar-refractivity contribution in [2.45, 2.75) is 83.8 Å². The number of morpholine rings is 1. The summed E-state index contributed by atoms with van der Waals surface area (Å²) < 4.78 is 5.42. The summed E-state index contributed by atoms with van der Waals surface area (Å²) in [4.78, 5) is 15.0. The predicted octanol–water partition coefficient (Wildman–Crippen LogP) is 3.21. The second kappa shape index (κ2) is 8.04. The highest BCUT2D eigenvalue weighted by molar-refractivity contribution is 5.78. The lowest BCUT2D eigenvalue weighted by atomic mass is 9.45. The number of hydrogen-bond acceptors (Lipinski definition) is 4. The van der Waals surface area contributed by atoms with E-state index in [-0.39, 0.29) is 17.4 Å². The van der Waals surface area contributed by atoms with Gasteiger partial charge in [-0.15, -0.1) is 0 Å². The molecule has 5 nitrogen and oxygen atoms in total. The van der Waals surface area contributed by atoms with E-state index in [9.17, 15) is 9.90 Å². The Bertz CT molecular complexity index is 650. The third-order valence-corrected chi connectivity index (χ3v) is 10.4. The second-order valence-corrected chi connectivity index (χ2v) is 11.7. The van der Waals surface area contributed by atoms with Gasteiger partial charge in [0.15, 0.2) is 0 Å². The van der Waals surface area contributed by atoms with E-state index < -0.39 is 0 Å². The smallest absolute Gasteiger partial charge is 0.234 e. The summed E-state index contributed by atoms with van der Waals surface area (Å²) in [6.45, 7) is 8.80. The molecule has 1 aliphatic heterocycles. The monoisotopic (exact) mass is 418 g/mol. The summed E-state index contributed by atoms with van der Waals surface area (Å²) in [6.07, 6.45) is 10.8. The van der Waals surface area contributed by atoms with Crippen LogP contribution in [0.3, 0.4) is 0 Å². The van der Waals surface area contributed by atoms with Gasteiger partial charge in [-0.25, -0.2) is 0 Å². The summed E-state index contributed by atoms with van der Waals surface area (Å²) in [5, 5.41) is 13.7. The van der Waals surface area contributed by atoms with Crippen LogP contribution in [0.2, 0.25) is 0 Å². The van der Waals surface area contributed by atoms with E-state index in [1.807, 2.05) is 0 Å². The minimum atomic E-state index is -0.0639. The molecule has 5 aliphatic rings. The van der Waals surface area contributed by atoms with E-state index in [0.29, 0.717) is 18.0 Å². The Kier molecular flexibility index (Phi) is 5.69. The zero-order valence-electron chi connectivity index (χ0n) is 19.1. The van der Waals surface area contributed by atoms with Crippen LogP contribution in [-0.4, -0.2) is 60.9 Å². The van der Waals surface area contributed by atoms with Gasteiger partial charge in [0.1, 0.15) is 0 Å². The SMILES string of the molecule is C[C@]12CC[C@H](O)C[C@@H]1CC[C@H]1[C@H]3CC[C@H](NC(=O)CN4CCOCC4)[C@@]3(C)CC[C@@H]12. The Balaban J connectivity index is 1.25. The van der Waals surface area contributed by atoms with Gasteiger partial charge in [-0.2, -0.15) is 0 Å². The Morgan fingerprint density at radius 2 is 1.73 bits per heavy atom. The number of rotatable bonds is 3. The minimum Gasteiger partial charge on any atom is -0.393 e. The van der Waals surface area contributed by atoms with Crippen molar-refractivity contribution >= 4 is 5.91 Å². The Labute approximate surface area is 182 Å². The number of nitrogens with zero attached hydrogens (tertiary/aromatic N) is 1. The number of aliphatic hydroxyl groups excluding tert-OH is 1. The zero-order valence-corrected chi connectivity index (χ0v) is 19.1. The molecule has 30 heavy (non-hydrogen) atoms. The van der Waals surface area contributed by atoms with Crippen LogP contribution in [0.1, 0.15) is 71.6 Å². The van der Waals surface area contributed by atoms with Crippen LogP contribution in [0.5, 0.6) is 0 Å². The third-order valence-electron chi connectivity index (χ3n) is 10.4. The summed E-state index contributed by atoms with van der Waals surface area (Å²) >= 11 is 0. The van der Waals surface area contributed by atoms with Gasteiger partial charge in [-0.3, -0.25) is 9.69 Å². The highest BCUT2D eigenvalue weighted by Gasteiger charge is 2.60. The van der Waals surface area contributed by atoms with E-state index in [4.69, 9.17) is 4.74 Å². The molecule has 1 heterocycles. The van der Waals surface area contributed by atoms with E-state index in [1.54, 1.807) is 0 Å². The zero-order chi connectivity index (χ0) is 20.9. The van der Waals surface area contributed by atoms with Crippen LogP contribution in [0.4, 0.5) is 0 Å². The summed E-state index contributed by atoms with van der Waals surface area (Å²) in [6, 6.07) is 0.343. The topological polar surface area (TPSA) is 61.8 Å². The molecule has 2 N–H and O–H groups in total. The van der Waals surface area contributed by atoms with Gasteiger partial charge in [0.05, 0.1) is 25.9 Å². The molecule has 1 saturated heterocycles. The van der Waals surface area contributed by atoms with Gasteiger partial charge in [0, 0.05) is 19.1 Å². The molecule has 0 aromatic carbocycles. The molecule has 0 bridgehead atoms. The molecular formula is C25H42N2O3. The average molecular weight is 419 g/mol. The van der Waals surface area contributed by atoms with Crippen LogP contribution < -0.4 is 5.32 Å². The van der Waals surface area contributed by atoms with E-state index in [1.165, 1.54) is 38.5 Å². The summed E-state index contributed by atoms with van der Waals surface area (Å²) in [7, 11) is 0. The molecule has 5 heteroatoms. The van der Waals surface area contributed by atoms with Crippen LogP contribution in [-0.2, 0) is 9.53 Å². The fourth-order valence-electron chi connectivity index (χ4n) is 8.67. The van der Waals surface area contributed by atoms with Gasteiger partial charge < -0.3 is 15.2 Å². The number of carbonyl (C=O) groups is 1. The molecule has 5 rings (SSSR count). The summed E-state index contributed by atoms with van der Waals surface area (Å²) in [5.41, 5.74) is 0.695. The molecule has 0 aromatic heterocycles. The third kappa shape index (κ3) is 3.53. The lowest BCUT2D eigenvalue weighted by molar-refractivity contribution is -0.131. The van der Waals surface area contributed by atoms with E-state index in [2.05, 4.69) is 24.1 Å². The maximum absolute atomic E-state index is 12.8. The number of nitrogens with one attached hydrogen (secondary N) is 1. The largest absolute Gasteiger partial charge is 0.393 e. The number of fused-ring (bicyclic) bond motifs is 5. The lowest BCUT2D eigenvalue weighted by Crippen LogP contribution is -2.56. The van der Waals surface area contributed by atoms with Gasteiger partial charge in [0.2, 0.25) is 5.91 Å².